The minimum atomic E-state index is -4.47. The van der Waals surface area contributed by atoms with Crippen LogP contribution in [0.2, 0.25) is 0 Å². The van der Waals surface area contributed by atoms with Gasteiger partial charge >= 0.3 is 6.18 Å². The number of carbonyl (C=O) groups is 1. The zero-order valence-electron chi connectivity index (χ0n) is 14.5. The Morgan fingerprint density at radius 2 is 1.88 bits per heavy atom. The fourth-order valence-corrected chi connectivity index (χ4v) is 3.32. The molecule has 1 aromatic heterocycles. The molecule has 25 heavy (non-hydrogen) atoms. The second-order valence-corrected chi connectivity index (χ2v) is 7.08. The average molecular weight is 356 g/mol. The van der Waals surface area contributed by atoms with Gasteiger partial charge in [0.25, 0.3) is 0 Å². The van der Waals surface area contributed by atoms with E-state index in [4.69, 9.17) is 0 Å². The molecule has 1 amide bonds. The van der Waals surface area contributed by atoms with E-state index in [1.54, 1.807) is 0 Å². The summed E-state index contributed by atoms with van der Waals surface area (Å²) in [5.41, 5.74) is -0.896. The lowest BCUT2D eigenvalue weighted by atomic mass is 9.96. The number of piperidine rings is 1. The predicted octanol–water partition coefficient (Wildman–Crippen LogP) is 2.89. The molecular weight excluding hydrogens is 333 g/mol. The van der Waals surface area contributed by atoms with Crippen molar-refractivity contribution in [2.24, 2.45) is 11.8 Å². The third-order valence-corrected chi connectivity index (χ3v) is 4.89. The number of carbonyl (C=O) groups excluding carboxylic acids is 1. The second-order valence-electron chi connectivity index (χ2n) is 7.08. The summed E-state index contributed by atoms with van der Waals surface area (Å²) in [5, 5.41) is 0. The highest BCUT2D eigenvalue weighted by Gasteiger charge is 2.35. The summed E-state index contributed by atoms with van der Waals surface area (Å²) < 4.78 is 38.8. The van der Waals surface area contributed by atoms with Gasteiger partial charge in [-0.2, -0.15) is 13.2 Å². The Balaban J connectivity index is 1.58. The smallest absolute Gasteiger partial charge is 0.356 e. The summed E-state index contributed by atoms with van der Waals surface area (Å²) in [6.45, 7) is 3.48. The van der Waals surface area contributed by atoms with Crippen molar-refractivity contribution in [2.75, 3.05) is 31.6 Å². The summed E-state index contributed by atoms with van der Waals surface area (Å²) in [6, 6.07) is 1.02. The number of anilines is 1. The first-order valence-electron chi connectivity index (χ1n) is 8.67. The van der Waals surface area contributed by atoms with Gasteiger partial charge in [-0.15, -0.1) is 0 Å². The molecule has 1 aromatic rings. The summed E-state index contributed by atoms with van der Waals surface area (Å²) in [6.07, 6.45) is -0.793. The number of nitrogens with zero attached hydrogens (tertiary/aromatic N) is 4. The maximum atomic E-state index is 12.9. The molecule has 0 N–H and O–H groups in total. The van der Waals surface area contributed by atoms with Crippen molar-refractivity contribution in [3.05, 3.63) is 17.6 Å². The molecular formula is C17H23F3N4O. The first kappa shape index (κ1) is 17.9. The van der Waals surface area contributed by atoms with Gasteiger partial charge in [0.05, 0.1) is 0 Å². The van der Waals surface area contributed by atoms with Crippen LogP contribution in [0.15, 0.2) is 6.07 Å². The molecule has 2 aliphatic rings. The van der Waals surface area contributed by atoms with Crippen molar-refractivity contribution in [3.63, 3.8) is 0 Å². The molecule has 0 radical (unpaired) electrons. The molecule has 0 atom stereocenters. The molecule has 2 fully saturated rings. The number of aryl methyl sites for hydroxylation is 1. The third kappa shape index (κ3) is 4.41. The van der Waals surface area contributed by atoms with Gasteiger partial charge < -0.3 is 9.80 Å². The van der Waals surface area contributed by atoms with Gasteiger partial charge in [-0.3, -0.25) is 4.79 Å². The highest BCUT2D eigenvalue weighted by atomic mass is 19.4. The van der Waals surface area contributed by atoms with Gasteiger partial charge in [-0.1, -0.05) is 0 Å². The van der Waals surface area contributed by atoms with Gasteiger partial charge in [0.15, 0.2) is 0 Å². The van der Waals surface area contributed by atoms with Crippen molar-refractivity contribution in [2.45, 2.75) is 38.8 Å². The van der Waals surface area contributed by atoms with Crippen LogP contribution in [0.3, 0.4) is 0 Å². The number of halogens is 3. The Kier molecular flexibility index (Phi) is 4.88. The first-order valence-corrected chi connectivity index (χ1v) is 8.67. The quantitative estimate of drug-likeness (QED) is 0.832. The number of aromatic nitrogens is 2. The van der Waals surface area contributed by atoms with Crippen molar-refractivity contribution < 1.29 is 18.0 Å². The largest absolute Gasteiger partial charge is 0.433 e. The molecule has 0 unspecified atom stereocenters. The Bertz CT molecular complexity index is 637. The van der Waals surface area contributed by atoms with E-state index in [0.29, 0.717) is 24.8 Å². The van der Waals surface area contributed by atoms with Crippen LogP contribution >= 0.6 is 0 Å². The van der Waals surface area contributed by atoms with Crippen LogP contribution in [0.1, 0.15) is 37.2 Å². The van der Waals surface area contributed by atoms with Gasteiger partial charge in [0.1, 0.15) is 17.3 Å². The third-order valence-electron chi connectivity index (χ3n) is 4.89. The SMILES string of the molecule is Cc1nc(N2CCC(CN(C)C(=O)C3CC3)CC2)cc(C(F)(F)F)n1. The molecule has 5 nitrogen and oxygen atoms in total. The van der Waals surface area contributed by atoms with E-state index in [1.807, 2.05) is 16.8 Å². The number of alkyl halides is 3. The molecule has 0 bridgehead atoms. The second kappa shape index (κ2) is 6.80. The molecule has 0 spiro atoms. The summed E-state index contributed by atoms with van der Waals surface area (Å²) in [7, 11) is 1.84. The van der Waals surface area contributed by atoms with Gasteiger partial charge in [-0.05, 0) is 38.5 Å². The highest BCUT2D eigenvalue weighted by molar-refractivity contribution is 5.80. The van der Waals surface area contributed by atoms with Crippen LogP contribution in [0.25, 0.3) is 0 Å². The zero-order chi connectivity index (χ0) is 18.2. The van der Waals surface area contributed by atoms with Gasteiger partial charge in [-0.25, -0.2) is 9.97 Å². The van der Waals surface area contributed by atoms with Crippen molar-refractivity contribution in [3.8, 4) is 0 Å². The monoisotopic (exact) mass is 356 g/mol. The van der Waals surface area contributed by atoms with E-state index in [-0.39, 0.29) is 17.6 Å². The van der Waals surface area contributed by atoms with E-state index in [1.165, 1.54) is 6.92 Å². The van der Waals surface area contributed by atoms with E-state index >= 15 is 0 Å². The van der Waals surface area contributed by atoms with E-state index in [9.17, 15) is 18.0 Å². The fourth-order valence-electron chi connectivity index (χ4n) is 3.32. The molecule has 1 saturated heterocycles. The summed E-state index contributed by atoms with van der Waals surface area (Å²) >= 11 is 0. The average Bonchev–Trinajstić information content (AvgIpc) is 3.38. The first-order chi connectivity index (χ1) is 11.7. The van der Waals surface area contributed by atoms with E-state index < -0.39 is 11.9 Å². The Hall–Kier alpha value is -1.86. The fraction of sp³-hybridized carbons (Fsp3) is 0.706. The summed E-state index contributed by atoms with van der Waals surface area (Å²) in [4.78, 5) is 23.4. The van der Waals surface area contributed by atoms with Gasteiger partial charge in [0.2, 0.25) is 5.91 Å². The zero-order valence-corrected chi connectivity index (χ0v) is 14.5. The Morgan fingerprint density at radius 3 is 2.44 bits per heavy atom. The number of hydrogen-bond acceptors (Lipinski definition) is 4. The lowest BCUT2D eigenvalue weighted by molar-refractivity contribution is -0.141. The molecule has 3 rings (SSSR count). The molecule has 2 heterocycles. The maximum absolute atomic E-state index is 12.9. The van der Waals surface area contributed by atoms with E-state index in [0.717, 1.165) is 38.3 Å². The number of hydrogen-bond donors (Lipinski definition) is 0. The maximum Gasteiger partial charge on any atom is 0.433 e. The van der Waals surface area contributed by atoms with Crippen LogP contribution in [0.5, 0.6) is 0 Å². The Labute approximate surface area is 145 Å². The van der Waals surface area contributed by atoms with Crippen molar-refractivity contribution >= 4 is 11.7 Å². The molecule has 1 saturated carbocycles. The van der Waals surface area contributed by atoms with Crippen LogP contribution < -0.4 is 4.90 Å². The lowest BCUT2D eigenvalue weighted by Crippen LogP contribution is -2.40. The van der Waals surface area contributed by atoms with Crippen LogP contribution in [0, 0.1) is 18.8 Å². The van der Waals surface area contributed by atoms with Gasteiger partial charge in [0, 0.05) is 38.7 Å². The molecule has 8 heteroatoms. The minimum absolute atomic E-state index is 0.127. The van der Waals surface area contributed by atoms with E-state index in [2.05, 4.69) is 9.97 Å². The number of rotatable bonds is 4. The molecule has 0 aromatic carbocycles. The topological polar surface area (TPSA) is 49.3 Å². The summed E-state index contributed by atoms with van der Waals surface area (Å²) in [5.74, 6) is 1.29. The minimum Gasteiger partial charge on any atom is -0.356 e. The Morgan fingerprint density at radius 1 is 1.24 bits per heavy atom. The molecule has 1 aliphatic heterocycles. The highest BCUT2D eigenvalue weighted by Crippen LogP contribution is 2.32. The molecule has 138 valence electrons. The van der Waals surface area contributed by atoms with Crippen LogP contribution in [-0.2, 0) is 11.0 Å². The molecule has 1 aliphatic carbocycles. The van der Waals surface area contributed by atoms with Crippen LogP contribution in [-0.4, -0.2) is 47.5 Å². The van der Waals surface area contributed by atoms with Crippen LogP contribution in [0.4, 0.5) is 19.0 Å². The van der Waals surface area contributed by atoms with Crippen molar-refractivity contribution in [1.29, 1.82) is 0 Å². The lowest BCUT2D eigenvalue weighted by Gasteiger charge is -2.34. The van der Waals surface area contributed by atoms with Crippen molar-refractivity contribution in [1.82, 2.24) is 14.9 Å². The number of amides is 1. The standard InChI is InChI=1S/C17H23F3N4O/c1-11-21-14(17(18,19)20)9-15(22-11)24-7-5-12(6-8-24)10-23(2)16(25)13-3-4-13/h9,12-13H,3-8,10H2,1-2H3. The normalized spacial score (nSPS) is 19.2. The predicted molar refractivity (Wildman–Crippen MR) is 87.1 cm³/mol.